The van der Waals surface area contributed by atoms with Crippen LogP contribution in [0.2, 0.25) is 0 Å². The summed E-state index contributed by atoms with van der Waals surface area (Å²) in [7, 11) is 0. The fraction of sp³-hybridized carbons (Fsp3) is 0. The summed E-state index contributed by atoms with van der Waals surface area (Å²) in [5.74, 6) is 0. The number of carbonyl (C=O) groups is 1. The molecule has 0 saturated heterocycles. The van der Waals surface area contributed by atoms with Crippen LogP contribution < -0.4 is 0 Å². The van der Waals surface area contributed by atoms with E-state index in [-0.39, 0.29) is 4.55 Å². The van der Waals surface area contributed by atoms with Crippen LogP contribution in [0, 0.1) is 0 Å². The normalized spacial score (nSPS) is 24.0. The Morgan fingerprint density at radius 1 is 1.67 bits per heavy atom. The molecule has 0 radical (unpaired) electrons. The summed E-state index contributed by atoms with van der Waals surface area (Å²) < 4.78 is -0.819. The Morgan fingerprint density at radius 3 is 2.56 bits per heavy atom. The number of allylic oxidation sites excluding steroid dienone is 2. The zero-order valence-electron chi connectivity index (χ0n) is 4.48. The zero-order chi connectivity index (χ0) is 6.85. The molecule has 0 bridgehead atoms. The van der Waals surface area contributed by atoms with E-state index in [9.17, 15) is 4.79 Å². The van der Waals surface area contributed by atoms with Gasteiger partial charge >= 0.3 is 56.0 Å². The third-order valence-electron chi connectivity index (χ3n) is 0.933. The molecule has 48 valence electrons. The van der Waals surface area contributed by atoms with Gasteiger partial charge in [-0.05, 0) is 0 Å². The van der Waals surface area contributed by atoms with Gasteiger partial charge in [0.05, 0.1) is 0 Å². The molecular formula is C5H5AsO3. The Balaban J connectivity index is 2.74. The van der Waals surface area contributed by atoms with Gasteiger partial charge in [0.15, 0.2) is 0 Å². The van der Waals surface area contributed by atoms with Crippen LogP contribution in [0.1, 0.15) is 0 Å². The summed E-state index contributed by atoms with van der Waals surface area (Å²) in [6.07, 6.45) is 3.03. The molecule has 1 aliphatic rings. The Kier molecular flexibility index (Phi) is 1.62. The van der Waals surface area contributed by atoms with Crippen molar-refractivity contribution in [2.45, 2.75) is 0 Å². The molecule has 1 heterocycles. The molecule has 9 heavy (non-hydrogen) atoms. The van der Waals surface area contributed by atoms with Crippen molar-refractivity contribution in [3.05, 3.63) is 21.6 Å². The van der Waals surface area contributed by atoms with E-state index >= 15 is 0 Å². The molecule has 0 aromatic carbocycles. The van der Waals surface area contributed by atoms with Crippen LogP contribution >= 0.6 is 0 Å². The van der Waals surface area contributed by atoms with Crippen LogP contribution in [0.5, 0.6) is 0 Å². The molecule has 0 amide bonds. The molecule has 0 saturated carbocycles. The van der Waals surface area contributed by atoms with Gasteiger partial charge in [0.1, 0.15) is 0 Å². The van der Waals surface area contributed by atoms with E-state index < -0.39 is 19.4 Å². The molecule has 4 heteroatoms. The molecule has 1 aliphatic heterocycles. The van der Waals surface area contributed by atoms with E-state index in [1.807, 2.05) is 0 Å². The van der Waals surface area contributed by atoms with Gasteiger partial charge in [-0.1, -0.05) is 0 Å². The van der Waals surface area contributed by atoms with Crippen molar-refractivity contribution in [2.75, 3.05) is 0 Å². The number of carboxylic acid groups (broad SMARTS) is 1. The van der Waals surface area contributed by atoms with Crippen LogP contribution in [0.3, 0.4) is 0 Å². The first kappa shape index (κ1) is 6.43. The van der Waals surface area contributed by atoms with E-state index in [1.165, 1.54) is 6.08 Å². The number of hydrogen-bond donors (Lipinski definition) is 2. The second-order valence-electron chi connectivity index (χ2n) is 1.52. The molecule has 0 spiro atoms. The Hall–Kier alpha value is -0.692. The minimum absolute atomic E-state index is 0.0509. The molecule has 2 N–H and O–H groups in total. The Labute approximate surface area is 56.6 Å². The zero-order valence-corrected chi connectivity index (χ0v) is 6.36. The summed E-state index contributed by atoms with van der Waals surface area (Å²) in [4.78, 5) is 11.8. The number of aliphatic hydroxyl groups excluding tert-OH is 1. The van der Waals surface area contributed by atoms with Crippen LogP contribution in [-0.4, -0.2) is 29.6 Å². The predicted octanol–water partition coefficient (Wildman–Crippen LogP) is 0.831. The van der Waals surface area contributed by atoms with Crippen LogP contribution in [0.25, 0.3) is 0 Å². The number of aliphatic hydroxyl groups is 1. The molecule has 0 aromatic heterocycles. The molecule has 0 fully saturated rings. The van der Waals surface area contributed by atoms with E-state index in [4.69, 9.17) is 10.2 Å². The summed E-state index contributed by atoms with van der Waals surface area (Å²) in [5.41, 5.74) is 0. The first-order chi connectivity index (χ1) is 4.22. The van der Waals surface area contributed by atoms with Crippen molar-refractivity contribution in [1.82, 2.24) is 0 Å². The maximum absolute atomic E-state index is 10.2. The topological polar surface area (TPSA) is 57.5 Å². The van der Waals surface area contributed by atoms with Crippen molar-refractivity contribution in [2.24, 2.45) is 0 Å². The van der Waals surface area contributed by atoms with E-state index in [0.717, 1.165) is 0 Å². The summed E-state index contributed by atoms with van der Waals surface area (Å²) in [6.45, 7) is 0. The number of rotatable bonds is 1. The standard InChI is InChI=1S/C5H5AsO3/c7-4-2-1-3-6(4)5(8)9/h1-3,7H,(H,8,9). The van der Waals surface area contributed by atoms with Gasteiger partial charge in [-0.25, -0.2) is 0 Å². The molecular weight excluding hydrogens is 183 g/mol. The fourth-order valence-corrected chi connectivity index (χ4v) is 2.59. The second kappa shape index (κ2) is 2.27. The molecule has 0 aromatic rings. The predicted molar refractivity (Wildman–Crippen MR) is 33.6 cm³/mol. The van der Waals surface area contributed by atoms with Gasteiger partial charge in [0.2, 0.25) is 0 Å². The van der Waals surface area contributed by atoms with Gasteiger partial charge in [0.25, 0.3) is 0 Å². The Morgan fingerprint density at radius 2 is 2.33 bits per heavy atom. The van der Waals surface area contributed by atoms with E-state index in [1.54, 1.807) is 10.9 Å². The average molecular weight is 188 g/mol. The van der Waals surface area contributed by atoms with Gasteiger partial charge in [-0.15, -0.1) is 0 Å². The van der Waals surface area contributed by atoms with Crippen LogP contribution in [0.15, 0.2) is 21.6 Å². The average Bonchev–Trinajstić information content (AvgIpc) is 2.13. The quantitative estimate of drug-likeness (QED) is 0.599. The molecule has 0 aliphatic carbocycles. The molecule has 1 unspecified atom stereocenters. The van der Waals surface area contributed by atoms with Crippen molar-refractivity contribution in [3.8, 4) is 0 Å². The van der Waals surface area contributed by atoms with E-state index in [2.05, 4.69) is 0 Å². The summed E-state index contributed by atoms with van der Waals surface area (Å²) in [6, 6.07) is 0. The van der Waals surface area contributed by atoms with Crippen LogP contribution in [-0.2, 0) is 0 Å². The third-order valence-corrected chi connectivity index (χ3v) is 4.13. The van der Waals surface area contributed by atoms with Crippen LogP contribution in [0.4, 0.5) is 4.79 Å². The van der Waals surface area contributed by atoms with Gasteiger partial charge < -0.3 is 0 Å². The van der Waals surface area contributed by atoms with Crippen molar-refractivity contribution in [1.29, 1.82) is 0 Å². The SMILES string of the molecule is O=C(O)[As]1C=CC=C1O. The monoisotopic (exact) mass is 188 g/mol. The van der Waals surface area contributed by atoms with E-state index in [0.29, 0.717) is 0 Å². The first-order valence-electron chi connectivity index (χ1n) is 2.31. The van der Waals surface area contributed by atoms with Crippen molar-refractivity contribution in [3.63, 3.8) is 0 Å². The Bertz CT molecular complexity index is 194. The summed E-state index contributed by atoms with van der Waals surface area (Å²) >= 11 is -2.16. The van der Waals surface area contributed by atoms with Gasteiger partial charge in [-0.3, -0.25) is 0 Å². The molecule has 3 nitrogen and oxygen atoms in total. The maximum atomic E-state index is 10.2. The van der Waals surface area contributed by atoms with Crippen molar-refractivity contribution >= 4 is 19.4 Å². The summed E-state index contributed by atoms with van der Waals surface area (Å²) in [5, 5.41) is 17.2. The van der Waals surface area contributed by atoms with Crippen molar-refractivity contribution < 1.29 is 15.0 Å². The third kappa shape index (κ3) is 1.16. The molecule has 1 atom stereocenters. The molecule has 1 rings (SSSR count). The first-order valence-corrected chi connectivity index (χ1v) is 5.27. The van der Waals surface area contributed by atoms with Gasteiger partial charge in [-0.2, -0.15) is 0 Å². The van der Waals surface area contributed by atoms with Gasteiger partial charge in [0, 0.05) is 0 Å². The number of hydrogen-bond acceptors (Lipinski definition) is 2. The fourth-order valence-electron chi connectivity index (χ4n) is 0.534. The second-order valence-corrected chi connectivity index (χ2v) is 5.46. The minimum atomic E-state index is -2.16.